The van der Waals surface area contributed by atoms with E-state index >= 15 is 0 Å². The highest BCUT2D eigenvalue weighted by atomic mass is 16.5. The Morgan fingerprint density at radius 1 is 1.00 bits per heavy atom. The lowest BCUT2D eigenvalue weighted by atomic mass is 10.3. The van der Waals surface area contributed by atoms with Crippen molar-refractivity contribution < 1.29 is 14.3 Å². The van der Waals surface area contributed by atoms with Crippen LogP contribution >= 0.6 is 0 Å². The maximum atomic E-state index is 11.1. The van der Waals surface area contributed by atoms with Gasteiger partial charge in [-0.3, -0.25) is 9.59 Å². The predicted octanol–water partition coefficient (Wildman–Crippen LogP) is -0.193. The van der Waals surface area contributed by atoms with Gasteiger partial charge >= 0.3 is 0 Å². The van der Waals surface area contributed by atoms with Gasteiger partial charge in [0.1, 0.15) is 0 Å². The van der Waals surface area contributed by atoms with E-state index < -0.39 is 12.5 Å². The first-order valence-electron chi connectivity index (χ1n) is 4.70. The Labute approximate surface area is 87.2 Å². The average Bonchev–Trinajstić information content (AvgIpc) is 2.59. The van der Waals surface area contributed by atoms with E-state index in [1.165, 1.54) is 0 Å². The maximum Gasteiger partial charge on any atom is 0.248 e. The number of carbonyl (C=O) groups excluding carboxylic acids is 2. The van der Waals surface area contributed by atoms with Crippen molar-refractivity contribution in [2.75, 3.05) is 0 Å². The van der Waals surface area contributed by atoms with Crippen molar-refractivity contribution in [1.82, 2.24) is 10.6 Å². The van der Waals surface area contributed by atoms with Gasteiger partial charge in [-0.05, 0) is 26.0 Å². The van der Waals surface area contributed by atoms with Crippen molar-refractivity contribution in [3.05, 3.63) is 23.3 Å². The summed E-state index contributed by atoms with van der Waals surface area (Å²) in [6.07, 6.45) is 2.47. The summed E-state index contributed by atoms with van der Waals surface area (Å²) in [6.45, 7) is 3.43. The van der Waals surface area contributed by atoms with Crippen LogP contribution in [0.25, 0.3) is 0 Å². The van der Waals surface area contributed by atoms with E-state index in [9.17, 15) is 9.59 Å². The van der Waals surface area contributed by atoms with Crippen LogP contribution in [0.15, 0.2) is 23.3 Å². The molecule has 2 aliphatic rings. The second kappa shape index (κ2) is 3.51. The zero-order valence-electron chi connectivity index (χ0n) is 8.53. The SMILES string of the molecule is CC1=C[C@@H](O[C@H]2C=C(C)C(=O)N2)NC1=O. The Bertz CT molecular complexity index is 348. The number of carbonyl (C=O) groups is 2. The molecule has 2 rings (SSSR count). The highest BCUT2D eigenvalue weighted by molar-refractivity contribution is 5.96. The second-order valence-electron chi connectivity index (χ2n) is 3.62. The topological polar surface area (TPSA) is 67.4 Å². The van der Waals surface area contributed by atoms with Crippen LogP contribution in [-0.2, 0) is 14.3 Å². The van der Waals surface area contributed by atoms with Gasteiger partial charge in [0, 0.05) is 11.1 Å². The number of amides is 2. The molecule has 80 valence electrons. The second-order valence-corrected chi connectivity index (χ2v) is 3.62. The van der Waals surface area contributed by atoms with Gasteiger partial charge in [-0.2, -0.15) is 0 Å². The molecule has 15 heavy (non-hydrogen) atoms. The molecule has 2 heterocycles. The molecule has 0 bridgehead atoms. The predicted molar refractivity (Wildman–Crippen MR) is 52.5 cm³/mol. The van der Waals surface area contributed by atoms with Crippen LogP contribution in [0.5, 0.6) is 0 Å². The lowest BCUT2D eigenvalue weighted by molar-refractivity contribution is -0.121. The molecule has 0 unspecified atom stereocenters. The summed E-state index contributed by atoms with van der Waals surface area (Å²) in [5, 5.41) is 5.25. The summed E-state index contributed by atoms with van der Waals surface area (Å²) in [5.74, 6) is -0.268. The van der Waals surface area contributed by atoms with E-state index in [4.69, 9.17) is 4.74 Å². The molecule has 5 nitrogen and oxygen atoms in total. The smallest absolute Gasteiger partial charge is 0.248 e. The number of nitrogens with one attached hydrogen (secondary N) is 2. The maximum absolute atomic E-state index is 11.1. The molecule has 0 radical (unpaired) electrons. The van der Waals surface area contributed by atoms with Crippen LogP contribution < -0.4 is 10.6 Å². The molecule has 2 N–H and O–H groups in total. The van der Waals surface area contributed by atoms with Crippen LogP contribution in [-0.4, -0.2) is 24.3 Å². The molecule has 0 aromatic rings. The molecule has 0 fully saturated rings. The molecular weight excluding hydrogens is 196 g/mol. The summed E-state index contributed by atoms with van der Waals surface area (Å²) in [4.78, 5) is 22.2. The third-order valence-electron chi connectivity index (χ3n) is 2.36. The lowest BCUT2D eigenvalue weighted by Gasteiger charge is -2.15. The van der Waals surface area contributed by atoms with Gasteiger partial charge in [-0.1, -0.05) is 0 Å². The first-order chi connectivity index (χ1) is 7.06. The monoisotopic (exact) mass is 208 g/mol. The number of rotatable bonds is 2. The number of hydrogen-bond acceptors (Lipinski definition) is 3. The van der Waals surface area contributed by atoms with Crippen LogP contribution in [0.3, 0.4) is 0 Å². The summed E-state index contributed by atoms with van der Waals surface area (Å²) in [7, 11) is 0. The van der Waals surface area contributed by atoms with Crippen LogP contribution in [0.2, 0.25) is 0 Å². The summed E-state index contributed by atoms with van der Waals surface area (Å²) < 4.78 is 5.44. The third-order valence-corrected chi connectivity index (χ3v) is 2.36. The Morgan fingerprint density at radius 2 is 1.40 bits per heavy atom. The van der Waals surface area contributed by atoms with Gasteiger partial charge in [0.05, 0.1) is 0 Å². The summed E-state index contributed by atoms with van der Waals surface area (Å²) in [5.41, 5.74) is 1.26. The Balaban J connectivity index is 1.95. The van der Waals surface area contributed by atoms with E-state index in [0.717, 1.165) is 0 Å². The Hall–Kier alpha value is -1.62. The molecular formula is C10H12N2O3. The standard InChI is InChI=1S/C10H12N2O3/c1-5-3-7(11-9(5)13)15-8-4-6(2)10(14)12-8/h3-4,7-8H,1-2H3,(H,11,13)(H,12,14)/t7-,8+. The fourth-order valence-corrected chi connectivity index (χ4v) is 1.48. The molecule has 0 saturated carbocycles. The Morgan fingerprint density at radius 3 is 1.67 bits per heavy atom. The normalized spacial score (nSPS) is 29.7. The van der Waals surface area contributed by atoms with Crippen molar-refractivity contribution in [2.45, 2.75) is 26.3 Å². The zero-order valence-corrected chi connectivity index (χ0v) is 8.53. The molecule has 2 aliphatic heterocycles. The summed E-state index contributed by atoms with van der Waals surface area (Å²) >= 11 is 0. The molecule has 2 amide bonds. The molecule has 2 atom stereocenters. The molecule has 0 aromatic carbocycles. The minimum atomic E-state index is -0.454. The van der Waals surface area contributed by atoms with Crippen molar-refractivity contribution in [2.24, 2.45) is 0 Å². The van der Waals surface area contributed by atoms with Crippen LogP contribution in [0.1, 0.15) is 13.8 Å². The van der Waals surface area contributed by atoms with Gasteiger partial charge in [0.25, 0.3) is 0 Å². The van der Waals surface area contributed by atoms with E-state index in [-0.39, 0.29) is 11.8 Å². The third kappa shape index (κ3) is 1.92. The highest BCUT2D eigenvalue weighted by Crippen LogP contribution is 2.13. The molecule has 0 aliphatic carbocycles. The van der Waals surface area contributed by atoms with Crippen molar-refractivity contribution in [3.63, 3.8) is 0 Å². The van der Waals surface area contributed by atoms with Crippen LogP contribution in [0, 0.1) is 0 Å². The number of hydrogen-bond donors (Lipinski definition) is 2. The lowest BCUT2D eigenvalue weighted by Crippen LogP contribution is -2.38. The molecule has 0 spiro atoms. The highest BCUT2D eigenvalue weighted by Gasteiger charge is 2.26. The van der Waals surface area contributed by atoms with Gasteiger partial charge in [0.15, 0.2) is 12.5 Å². The van der Waals surface area contributed by atoms with E-state index in [0.29, 0.717) is 11.1 Å². The molecule has 0 saturated heterocycles. The van der Waals surface area contributed by atoms with E-state index in [1.807, 2.05) is 0 Å². The quantitative estimate of drug-likeness (QED) is 0.660. The largest absolute Gasteiger partial charge is 0.328 e. The fourth-order valence-electron chi connectivity index (χ4n) is 1.48. The minimum absolute atomic E-state index is 0.134. The first kappa shape index (κ1) is 9.92. The van der Waals surface area contributed by atoms with Crippen LogP contribution in [0.4, 0.5) is 0 Å². The van der Waals surface area contributed by atoms with Gasteiger partial charge in [-0.25, -0.2) is 0 Å². The average molecular weight is 208 g/mol. The molecule has 0 aromatic heterocycles. The van der Waals surface area contributed by atoms with Gasteiger partial charge in [-0.15, -0.1) is 0 Å². The first-order valence-corrected chi connectivity index (χ1v) is 4.70. The van der Waals surface area contributed by atoms with Gasteiger partial charge in [0.2, 0.25) is 11.8 Å². The van der Waals surface area contributed by atoms with Gasteiger partial charge < -0.3 is 15.4 Å². The van der Waals surface area contributed by atoms with Crippen molar-refractivity contribution in [1.29, 1.82) is 0 Å². The zero-order chi connectivity index (χ0) is 11.0. The Kier molecular flexibility index (Phi) is 2.32. The van der Waals surface area contributed by atoms with E-state index in [1.54, 1.807) is 26.0 Å². The summed E-state index contributed by atoms with van der Waals surface area (Å²) in [6, 6.07) is 0. The fraction of sp³-hybridized carbons (Fsp3) is 0.400. The minimum Gasteiger partial charge on any atom is -0.328 e. The van der Waals surface area contributed by atoms with E-state index in [2.05, 4.69) is 10.6 Å². The molecule has 5 heteroatoms. The number of ether oxygens (including phenoxy) is 1. The van der Waals surface area contributed by atoms with Crippen molar-refractivity contribution >= 4 is 11.8 Å². The van der Waals surface area contributed by atoms with Crippen molar-refractivity contribution in [3.8, 4) is 0 Å².